The highest BCUT2D eigenvalue weighted by atomic mass is 16.6. The van der Waals surface area contributed by atoms with Gasteiger partial charge in [0.05, 0.1) is 0 Å². The summed E-state index contributed by atoms with van der Waals surface area (Å²) >= 11 is 0. The second kappa shape index (κ2) is 4.93. The molecule has 0 aromatic carbocycles. The van der Waals surface area contributed by atoms with Gasteiger partial charge in [0.2, 0.25) is 6.54 Å². The lowest BCUT2D eigenvalue weighted by atomic mass is 10.1. The molecular formula is C9H17NO4. The quantitative estimate of drug-likeness (QED) is 0.395. The van der Waals surface area contributed by atoms with Crippen LogP contribution >= 0.6 is 0 Å². The van der Waals surface area contributed by atoms with E-state index in [4.69, 9.17) is 4.74 Å². The normalized spacial score (nSPS) is 13.4. The van der Waals surface area contributed by atoms with Crippen molar-refractivity contribution < 1.29 is 14.5 Å². The fourth-order valence-electron chi connectivity index (χ4n) is 0.935. The molecule has 0 bridgehead atoms. The van der Waals surface area contributed by atoms with Gasteiger partial charge in [-0.15, -0.1) is 0 Å². The Morgan fingerprint density at radius 2 is 2.00 bits per heavy atom. The van der Waals surface area contributed by atoms with Gasteiger partial charge in [-0.2, -0.15) is 0 Å². The average Bonchev–Trinajstić information content (AvgIpc) is 1.96. The van der Waals surface area contributed by atoms with E-state index >= 15 is 0 Å². The fourth-order valence-corrected chi connectivity index (χ4v) is 0.935. The number of nitro groups is 1. The molecule has 0 amide bonds. The third-order valence-electron chi connectivity index (χ3n) is 1.60. The molecule has 0 fully saturated rings. The number of carbonyl (C=O) groups excluding carboxylic acids is 1. The second-order valence-corrected chi connectivity index (χ2v) is 4.15. The van der Waals surface area contributed by atoms with Gasteiger partial charge in [0.15, 0.2) is 0 Å². The Balaban J connectivity index is 4.25. The van der Waals surface area contributed by atoms with Crippen molar-refractivity contribution in [2.24, 2.45) is 5.92 Å². The summed E-state index contributed by atoms with van der Waals surface area (Å²) < 4.78 is 5.05. The van der Waals surface area contributed by atoms with Gasteiger partial charge in [-0.3, -0.25) is 14.9 Å². The van der Waals surface area contributed by atoms with Crippen molar-refractivity contribution in [3.05, 3.63) is 10.1 Å². The molecule has 0 saturated heterocycles. The molecule has 1 atom stereocenters. The van der Waals surface area contributed by atoms with Crippen molar-refractivity contribution >= 4 is 5.97 Å². The molecule has 0 saturated carbocycles. The van der Waals surface area contributed by atoms with E-state index in [0.29, 0.717) is 6.42 Å². The minimum absolute atomic E-state index is 0.356. The van der Waals surface area contributed by atoms with E-state index < -0.39 is 22.4 Å². The van der Waals surface area contributed by atoms with Gasteiger partial charge in [0.1, 0.15) is 11.5 Å². The number of nitrogens with zero attached hydrogens (tertiary/aromatic N) is 1. The lowest BCUT2D eigenvalue weighted by molar-refractivity contribution is -0.486. The van der Waals surface area contributed by atoms with Gasteiger partial charge in [-0.05, 0) is 27.2 Å². The van der Waals surface area contributed by atoms with E-state index in [1.165, 1.54) is 0 Å². The first-order valence-corrected chi connectivity index (χ1v) is 4.61. The first-order chi connectivity index (χ1) is 6.26. The highest BCUT2D eigenvalue weighted by Gasteiger charge is 2.27. The molecule has 0 aliphatic carbocycles. The smallest absolute Gasteiger partial charge is 0.316 e. The summed E-state index contributed by atoms with van der Waals surface area (Å²) in [5, 5.41) is 10.2. The highest BCUT2D eigenvalue weighted by molar-refractivity contribution is 5.72. The van der Waals surface area contributed by atoms with Gasteiger partial charge >= 0.3 is 5.97 Å². The monoisotopic (exact) mass is 203 g/mol. The zero-order chi connectivity index (χ0) is 11.4. The molecule has 14 heavy (non-hydrogen) atoms. The molecule has 0 aromatic rings. The van der Waals surface area contributed by atoms with Crippen LogP contribution in [0.1, 0.15) is 34.1 Å². The summed E-state index contributed by atoms with van der Waals surface area (Å²) in [6, 6.07) is 0. The van der Waals surface area contributed by atoms with Crippen molar-refractivity contribution in [3.8, 4) is 0 Å². The highest BCUT2D eigenvalue weighted by Crippen LogP contribution is 2.13. The van der Waals surface area contributed by atoms with Crippen LogP contribution in [-0.4, -0.2) is 23.0 Å². The van der Waals surface area contributed by atoms with Crippen molar-refractivity contribution in [3.63, 3.8) is 0 Å². The van der Waals surface area contributed by atoms with Gasteiger partial charge in [-0.1, -0.05) is 6.92 Å². The number of esters is 1. The van der Waals surface area contributed by atoms with Crippen LogP contribution < -0.4 is 0 Å². The van der Waals surface area contributed by atoms with Gasteiger partial charge < -0.3 is 4.74 Å². The zero-order valence-electron chi connectivity index (χ0n) is 9.07. The van der Waals surface area contributed by atoms with E-state index in [2.05, 4.69) is 0 Å². The Morgan fingerprint density at radius 1 is 1.50 bits per heavy atom. The molecule has 0 aliphatic heterocycles. The Hall–Kier alpha value is -1.13. The summed E-state index contributed by atoms with van der Waals surface area (Å²) in [7, 11) is 0. The van der Waals surface area contributed by atoms with Crippen LogP contribution in [-0.2, 0) is 9.53 Å². The second-order valence-electron chi connectivity index (χ2n) is 4.15. The van der Waals surface area contributed by atoms with Gasteiger partial charge in [-0.25, -0.2) is 0 Å². The SMILES string of the molecule is CC[C@H](C[N+](=O)[O-])C(=O)OC(C)(C)C. The third kappa shape index (κ3) is 5.50. The maximum absolute atomic E-state index is 11.4. The van der Waals surface area contributed by atoms with Crippen molar-refractivity contribution in [2.75, 3.05) is 6.54 Å². The third-order valence-corrected chi connectivity index (χ3v) is 1.60. The van der Waals surface area contributed by atoms with Crippen LogP contribution in [0.5, 0.6) is 0 Å². The van der Waals surface area contributed by atoms with Crippen LogP contribution in [0.3, 0.4) is 0 Å². The van der Waals surface area contributed by atoms with Crippen molar-refractivity contribution in [1.82, 2.24) is 0 Å². The summed E-state index contributed by atoms with van der Waals surface area (Å²) in [6.45, 7) is 6.60. The summed E-state index contributed by atoms with van der Waals surface area (Å²) in [5.74, 6) is -1.12. The molecule has 5 heteroatoms. The topological polar surface area (TPSA) is 69.4 Å². The molecule has 0 rings (SSSR count). The molecule has 0 N–H and O–H groups in total. The van der Waals surface area contributed by atoms with Gasteiger partial charge in [0.25, 0.3) is 0 Å². The Kier molecular flexibility index (Phi) is 4.53. The fraction of sp³-hybridized carbons (Fsp3) is 0.889. The van der Waals surface area contributed by atoms with E-state index in [1.807, 2.05) is 0 Å². The molecule has 0 aromatic heterocycles. The first-order valence-electron chi connectivity index (χ1n) is 4.61. The largest absolute Gasteiger partial charge is 0.460 e. The standard InChI is InChI=1S/C9H17NO4/c1-5-7(6-10(12)13)8(11)14-9(2,3)4/h7H,5-6H2,1-4H3/t7-/m1/s1. The Labute approximate surface area is 83.6 Å². The number of ether oxygens (including phenoxy) is 1. The lowest BCUT2D eigenvalue weighted by Gasteiger charge is -2.21. The van der Waals surface area contributed by atoms with E-state index in [9.17, 15) is 14.9 Å². The Morgan fingerprint density at radius 3 is 2.29 bits per heavy atom. The number of rotatable bonds is 4. The van der Waals surface area contributed by atoms with Crippen LogP contribution in [0.25, 0.3) is 0 Å². The number of carbonyl (C=O) groups is 1. The van der Waals surface area contributed by atoms with Crippen molar-refractivity contribution in [2.45, 2.75) is 39.7 Å². The molecule has 0 heterocycles. The molecule has 82 valence electrons. The Bertz CT molecular complexity index is 219. The molecule has 5 nitrogen and oxygen atoms in total. The molecule has 0 unspecified atom stereocenters. The van der Waals surface area contributed by atoms with Crippen molar-refractivity contribution in [1.29, 1.82) is 0 Å². The predicted octanol–water partition coefficient (Wildman–Crippen LogP) is 1.63. The molecule has 0 aliphatic rings. The van der Waals surface area contributed by atoms with Crippen LogP contribution in [0.2, 0.25) is 0 Å². The minimum Gasteiger partial charge on any atom is -0.460 e. The molecule has 0 radical (unpaired) electrons. The maximum atomic E-state index is 11.4. The van der Waals surface area contributed by atoms with Crippen LogP contribution in [0.4, 0.5) is 0 Å². The summed E-state index contributed by atoms with van der Waals surface area (Å²) in [6.07, 6.45) is 0.426. The lowest BCUT2D eigenvalue weighted by Crippen LogP contribution is -2.31. The minimum atomic E-state index is -0.635. The molecule has 0 spiro atoms. The number of hydrogen-bond acceptors (Lipinski definition) is 4. The van der Waals surface area contributed by atoms with E-state index in [0.717, 1.165) is 0 Å². The predicted molar refractivity (Wildman–Crippen MR) is 51.5 cm³/mol. The average molecular weight is 203 g/mol. The van der Waals surface area contributed by atoms with Crippen LogP contribution in [0, 0.1) is 16.0 Å². The number of hydrogen-bond donors (Lipinski definition) is 0. The van der Waals surface area contributed by atoms with E-state index in [1.54, 1.807) is 27.7 Å². The zero-order valence-corrected chi connectivity index (χ0v) is 9.07. The molecular weight excluding hydrogens is 186 g/mol. The van der Waals surface area contributed by atoms with Gasteiger partial charge in [0, 0.05) is 4.92 Å². The summed E-state index contributed by atoms with van der Waals surface area (Å²) in [5.41, 5.74) is -0.582. The van der Waals surface area contributed by atoms with Crippen LogP contribution in [0.15, 0.2) is 0 Å². The first kappa shape index (κ1) is 12.9. The van der Waals surface area contributed by atoms with E-state index in [-0.39, 0.29) is 6.54 Å². The summed E-state index contributed by atoms with van der Waals surface area (Å²) in [4.78, 5) is 21.1. The maximum Gasteiger partial charge on any atom is 0.316 e.